The lowest BCUT2D eigenvalue weighted by Gasteiger charge is -2.21. The molecule has 1 atom stereocenters. The average Bonchev–Trinajstić information content (AvgIpc) is 2.21. The summed E-state index contributed by atoms with van der Waals surface area (Å²) in [6.07, 6.45) is -0.602. The lowest BCUT2D eigenvalue weighted by molar-refractivity contribution is -0.148. The van der Waals surface area contributed by atoms with Crippen LogP contribution in [-0.4, -0.2) is 31.3 Å². The Kier molecular flexibility index (Phi) is 6.33. The first-order valence-corrected chi connectivity index (χ1v) is 6.51. The minimum absolute atomic E-state index is 0.0951. The van der Waals surface area contributed by atoms with Crippen LogP contribution in [0.4, 0.5) is 4.79 Å². The second-order valence-electron chi connectivity index (χ2n) is 7.17. The van der Waals surface area contributed by atoms with Crippen molar-refractivity contribution in [3.8, 4) is 0 Å². The molecule has 0 aromatic rings. The number of hydrogen-bond donors (Lipinski definition) is 1. The quantitative estimate of drug-likeness (QED) is 0.800. The molecule has 0 aliphatic heterocycles. The van der Waals surface area contributed by atoms with Gasteiger partial charge in [-0.1, -0.05) is 41.5 Å². The number of carbonyl (C=O) groups excluding carboxylic acids is 2. The number of carbonyl (C=O) groups is 2. The van der Waals surface area contributed by atoms with Crippen LogP contribution in [0, 0.1) is 10.8 Å². The zero-order valence-corrected chi connectivity index (χ0v) is 13.1. The van der Waals surface area contributed by atoms with Gasteiger partial charge in [-0.15, -0.1) is 0 Å². The highest BCUT2D eigenvalue weighted by molar-refractivity contribution is 5.80. The number of amides is 1. The van der Waals surface area contributed by atoms with Crippen molar-refractivity contribution in [1.29, 1.82) is 0 Å². The smallest absolute Gasteiger partial charge is 0.407 e. The van der Waals surface area contributed by atoms with Gasteiger partial charge in [0.05, 0.1) is 13.2 Å². The maximum absolute atomic E-state index is 11.6. The summed E-state index contributed by atoms with van der Waals surface area (Å²) in [5, 5.41) is 2.45. The molecule has 1 amide bonds. The van der Waals surface area contributed by atoms with Gasteiger partial charge in [0.15, 0.2) is 0 Å². The molecule has 5 nitrogen and oxygen atoms in total. The van der Waals surface area contributed by atoms with E-state index in [1.807, 2.05) is 41.5 Å². The van der Waals surface area contributed by atoms with E-state index in [-0.39, 0.29) is 10.8 Å². The number of alkyl carbamates (subject to hydrolysis) is 1. The van der Waals surface area contributed by atoms with Gasteiger partial charge < -0.3 is 14.8 Å². The van der Waals surface area contributed by atoms with Gasteiger partial charge in [-0.3, -0.25) is 0 Å². The molecule has 0 aromatic heterocycles. The van der Waals surface area contributed by atoms with Gasteiger partial charge in [-0.25, -0.2) is 9.59 Å². The van der Waals surface area contributed by atoms with E-state index in [9.17, 15) is 9.59 Å². The Labute approximate surface area is 116 Å². The second kappa shape index (κ2) is 6.78. The van der Waals surface area contributed by atoms with Gasteiger partial charge in [-0.2, -0.15) is 0 Å². The van der Waals surface area contributed by atoms with Crippen molar-refractivity contribution >= 4 is 12.1 Å². The standard InChI is InChI=1S/C14H27NO4/c1-10(11(16)18-8-13(2,3)4)15-12(17)19-9-14(5,6)7/h10H,8-9H2,1-7H3,(H,15,17)/t10-/m0/s1. The van der Waals surface area contributed by atoms with Crippen LogP contribution >= 0.6 is 0 Å². The van der Waals surface area contributed by atoms with Crippen LogP contribution in [0.25, 0.3) is 0 Å². The van der Waals surface area contributed by atoms with E-state index in [4.69, 9.17) is 9.47 Å². The molecule has 0 fully saturated rings. The third kappa shape index (κ3) is 10.4. The lowest BCUT2D eigenvalue weighted by Crippen LogP contribution is -2.41. The minimum Gasteiger partial charge on any atom is -0.464 e. The number of ether oxygens (including phenoxy) is 2. The van der Waals surface area contributed by atoms with Crippen LogP contribution in [0.15, 0.2) is 0 Å². The first-order valence-electron chi connectivity index (χ1n) is 6.51. The highest BCUT2D eigenvalue weighted by Crippen LogP contribution is 2.14. The molecule has 0 saturated carbocycles. The van der Waals surface area contributed by atoms with Crippen molar-refractivity contribution < 1.29 is 19.1 Å². The summed E-state index contributed by atoms with van der Waals surface area (Å²) in [5.41, 5.74) is -0.199. The zero-order valence-electron chi connectivity index (χ0n) is 13.1. The molecule has 0 aliphatic rings. The normalized spacial score (nSPS) is 13.6. The summed E-state index contributed by atoms with van der Waals surface area (Å²) in [4.78, 5) is 23.1. The monoisotopic (exact) mass is 273 g/mol. The molecule has 0 rings (SSSR count). The van der Waals surface area contributed by atoms with Crippen LogP contribution in [0.3, 0.4) is 0 Å². The van der Waals surface area contributed by atoms with Crippen molar-refractivity contribution in [1.82, 2.24) is 5.32 Å². The third-order valence-electron chi connectivity index (χ3n) is 1.97. The van der Waals surface area contributed by atoms with Crippen LogP contribution in [0.5, 0.6) is 0 Å². The SMILES string of the molecule is C[C@H](NC(=O)OCC(C)(C)C)C(=O)OCC(C)(C)C. The van der Waals surface area contributed by atoms with Crippen LogP contribution in [0.1, 0.15) is 48.5 Å². The molecule has 0 saturated heterocycles. The predicted octanol–water partition coefficient (Wildman–Crippen LogP) is 2.74. The Morgan fingerprint density at radius 2 is 1.37 bits per heavy atom. The molecule has 112 valence electrons. The molecule has 0 radical (unpaired) electrons. The van der Waals surface area contributed by atoms with Crippen molar-refractivity contribution in [2.24, 2.45) is 10.8 Å². The maximum atomic E-state index is 11.6. The molecule has 5 heteroatoms. The molecule has 0 unspecified atom stereocenters. The number of nitrogens with one attached hydrogen (secondary N) is 1. The Morgan fingerprint density at radius 1 is 0.947 bits per heavy atom. The maximum Gasteiger partial charge on any atom is 0.407 e. The Hall–Kier alpha value is -1.26. The van der Waals surface area contributed by atoms with Crippen LogP contribution in [0.2, 0.25) is 0 Å². The summed E-state index contributed by atoms with van der Waals surface area (Å²) < 4.78 is 10.1. The van der Waals surface area contributed by atoms with E-state index in [1.54, 1.807) is 6.92 Å². The molecule has 0 heterocycles. The molecular formula is C14H27NO4. The lowest BCUT2D eigenvalue weighted by atomic mass is 9.99. The first-order chi connectivity index (χ1) is 8.41. The van der Waals surface area contributed by atoms with Crippen LogP contribution < -0.4 is 5.32 Å². The molecular weight excluding hydrogens is 246 g/mol. The fourth-order valence-electron chi connectivity index (χ4n) is 0.972. The first kappa shape index (κ1) is 17.7. The van der Waals surface area contributed by atoms with Crippen LogP contribution in [-0.2, 0) is 14.3 Å². The van der Waals surface area contributed by atoms with E-state index >= 15 is 0 Å². The molecule has 0 bridgehead atoms. The zero-order chi connectivity index (χ0) is 15.3. The van der Waals surface area contributed by atoms with Crippen molar-refractivity contribution in [3.05, 3.63) is 0 Å². The van der Waals surface area contributed by atoms with E-state index in [2.05, 4.69) is 5.32 Å². The van der Waals surface area contributed by atoms with Gasteiger partial charge in [-0.05, 0) is 17.8 Å². The summed E-state index contributed by atoms with van der Waals surface area (Å²) in [6, 6.07) is -0.713. The summed E-state index contributed by atoms with van der Waals surface area (Å²) in [7, 11) is 0. The fourth-order valence-corrected chi connectivity index (χ4v) is 0.972. The van der Waals surface area contributed by atoms with Gasteiger partial charge in [0.25, 0.3) is 0 Å². The van der Waals surface area contributed by atoms with Gasteiger partial charge >= 0.3 is 12.1 Å². The van der Waals surface area contributed by atoms with E-state index in [1.165, 1.54) is 0 Å². The van der Waals surface area contributed by atoms with Gasteiger partial charge in [0.2, 0.25) is 0 Å². The molecule has 0 aromatic carbocycles. The fraction of sp³-hybridized carbons (Fsp3) is 0.857. The molecule has 1 N–H and O–H groups in total. The highest BCUT2D eigenvalue weighted by Gasteiger charge is 2.21. The summed E-state index contributed by atoms with van der Waals surface area (Å²) >= 11 is 0. The Balaban J connectivity index is 4.05. The van der Waals surface area contributed by atoms with Crippen molar-refractivity contribution in [3.63, 3.8) is 0 Å². The van der Waals surface area contributed by atoms with E-state index in [0.717, 1.165) is 0 Å². The van der Waals surface area contributed by atoms with Gasteiger partial charge in [0, 0.05) is 0 Å². The average molecular weight is 273 g/mol. The molecule has 19 heavy (non-hydrogen) atoms. The van der Waals surface area contributed by atoms with Gasteiger partial charge in [0.1, 0.15) is 6.04 Å². The number of hydrogen-bond acceptors (Lipinski definition) is 4. The largest absolute Gasteiger partial charge is 0.464 e. The van der Waals surface area contributed by atoms with E-state index < -0.39 is 18.1 Å². The Morgan fingerprint density at radius 3 is 1.79 bits per heavy atom. The summed E-state index contributed by atoms with van der Waals surface area (Å²) in [6.45, 7) is 14.0. The number of esters is 1. The third-order valence-corrected chi connectivity index (χ3v) is 1.97. The van der Waals surface area contributed by atoms with E-state index in [0.29, 0.717) is 13.2 Å². The second-order valence-corrected chi connectivity index (χ2v) is 7.17. The van der Waals surface area contributed by atoms with Crippen molar-refractivity contribution in [2.75, 3.05) is 13.2 Å². The molecule has 0 spiro atoms. The minimum atomic E-state index is -0.713. The summed E-state index contributed by atoms with van der Waals surface area (Å²) in [5.74, 6) is -0.456. The van der Waals surface area contributed by atoms with Crippen molar-refractivity contribution in [2.45, 2.75) is 54.5 Å². The Bertz CT molecular complexity index is 312. The highest BCUT2D eigenvalue weighted by atomic mass is 16.6. The number of rotatable bonds is 4. The topological polar surface area (TPSA) is 64.6 Å². The molecule has 0 aliphatic carbocycles. The predicted molar refractivity (Wildman–Crippen MR) is 73.8 cm³/mol.